The molecule has 1 rings (SSSR count). The number of ether oxygens (including phenoxy) is 1. The standard InChI is InChI=1S/C15H22O3S/c1-15(2,3)18-14(17)7-8-19-11-13-6-4-5-12(9-13)10-16/h4-6,9,16H,7-8,10-11H2,1-3H3. The molecule has 4 heteroatoms. The molecule has 0 aliphatic heterocycles. The van der Waals surface area contributed by atoms with Crippen LogP contribution in [-0.2, 0) is 21.9 Å². The molecule has 0 atom stereocenters. The molecule has 106 valence electrons. The quantitative estimate of drug-likeness (QED) is 0.643. The van der Waals surface area contributed by atoms with E-state index in [2.05, 4.69) is 0 Å². The SMILES string of the molecule is CC(C)(C)OC(=O)CCSCc1cccc(CO)c1. The first kappa shape index (κ1) is 16.1. The van der Waals surface area contributed by atoms with Crippen molar-refractivity contribution in [1.29, 1.82) is 0 Å². The number of aliphatic hydroxyl groups excluding tert-OH is 1. The number of carbonyl (C=O) groups is 1. The van der Waals surface area contributed by atoms with Gasteiger partial charge >= 0.3 is 5.97 Å². The molecule has 0 amide bonds. The van der Waals surface area contributed by atoms with Crippen LogP contribution in [0.25, 0.3) is 0 Å². The number of esters is 1. The lowest BCUT2D eigenvalue weighted by molar-refractivity contribution is -0.154. The van der Waals surface area contributed by atoms with Crippen LogP contribution in [0.4, 0.5) is 0 Å². The van der Waals surface area contributed by atoms with Gasteiger partial charge in [-0.3, -0.25) is 4.79 Å². The van der Waals surface area contributed by atoms with Gasteiger partial charge in [0.2, 0.25) is 0 Å². The second kappa shape index (κ2) is 7.56. The van der Waals surface area contributed by atoms with Gasteiger partial charge in [0.1, 0.15) is 5.60 Å². The van der Waals surface area contributed by atoms with Gasteiger partial charge in [-0.25, -0.2) is 0 Å². The zero-order chi connectivity index (χ0) is 14.3. The number of aliphatic hydroxyl groups is 1. The summed E-state index contributed by atoms with van der Waals surface area (Å²) < 4.78 is 5.24. The molecule has 3 nitrogen and oxygen atoms in total. The smallest absolute Gasteiger partial charge is 0.307 e. The zero-order valence-corrected chi connectivity index (χ0v) is 12.6. The first-order chi connectivity index (χ1) is 8.90. The molecule has 1 N–H and O–H groups in total. The lowest BCUT2D eigenvalue weighted by Crippen LogP contribution is -2.24. The maximum Gasteiger partial charge on any atom is 0.307 e. The highest BCUT2D eigenvalue weighted by molar-refractivity contribution is 7.98. The molecule has 0 fully saturated rings. The number of carbonyl (C=O) groups excluding carboxylic acids is 1. The van der Waals surface area contributed by atoms with E-state index in [1.54, 1.807) is 11.8 Å². The van der Waals surface area contributed by atoms with E-state index in [0.29, 0.717) is 6.42 Å². The lowest BCUT2D eigenvalue weighted by Gasteiger charge is -2.19. The van der Waals surface area contributed by atoms with Crippen LogP contribution in [0.1, 0.15) is 38.3 Å². The minimum atomic E-state index is -0.406. The minimum absolute atomic E-state index is 0.0659. The fraction of sp³-hybridized carbons (Fsp3) is 0.533. The Labute approximate surface area is 119 Å². The van der Waals surface area contributed by atoms with Crippen LogP contribution in [0.3, 0.4) is 0 Å². The van der Waals surface area contributed by atoms with Crippen LogP contribution in [0.2, 0.25) is 0 Å². The Morgan fingerprint density at radius 1 is 1.32 bits per heavy atom. The summed E-state index contributed by atoms with van der Waals surface area (Å²) in [5.74, 6) is 1.44. The van der Waals surface area contributed by atoms with Gasteiger partial charge in [-0.2, -0.15) is 11.8 Å². The average molecular weight is 282 g/mol. The predicted molar refractivity (Wildman–Crippen MR) is 79.0 cm³/mol. The van der Waals surface area contributed by atoms with Crippen molar-refractivity contribution in [1.82, 2.24) is 0 Å². The van der Waals surface area contributed by atoms with Crippen LogP contribution >= 0.6 is 11.8 Å². The van der Waals surface area contributed by atoms with Gasteiger partial charge < -0.3 is 9.84 Å². The summed E-state index contributed by atoms with van der Waals surface area (Å²) in [6.45, 7) is 5.69. The Morgan fingerprint density at radius 3 is 2.63 bits per heavy atom. The first-order valence-electron chi connectivity index (χ1n) is 6.39. The van der Waals surface area contributed by atoms with E-state index in [-0.39, 0.29) is 12.6 Å². The van der Waals surface area contributed by atoms with Crippen molar-refractivity contribution in [2.75, 3.05) is 5.75 Å². The Balaban J connectivity index is 2.25. The summed E-state index contributed by atoms with van der Waals surface area (Å²) in [6.07, 6.45) is 0.432. The zero-order valence-electron chi connectivity index (χ0n) is 11.8. The largest absolute Gasteiger partial charge is 0.460 e. The predicted octanol–water partition coefficient (Wildman–Crippen LogP) is 3.14. The Bertz CT molecular complexity index is 410. The number of benzene rings is 1. The highest BCUT2D eigenvalue weighted by Gasteiger charge is 2.15. The van der Waals surface area contributed by atoms with E-state index in [1.807, 2.05) is 45.0 Å². The number of hydrogen-bond acceptors (Lipinski definition) is 4. The molecule has 1 aromatic carbocycles. The summed E-state index contributed by atoms with van der Waals surface area (Å²) in [5.41, 5.74) is 1.68. The molecule has 0 heterocycles. The van der Waals surface area contributed by atoms with E-state index in [4.69, 9.17) is 9.84 Å². The van der Waals surface area contributed by atoms with Gasteiger partial charge in [0.25, 0.3) is 0 Å². The van der Waals surface area contributed by atoms with E-state index < -0.39 is 5.60 Å². The number of rotatable bonds is 6. The molecule has 1 aromatic rings. The molecular weight excluding hydrogens is 260 g/mol. The Hall–Kier alpha value is -1.00. The van der Waals surface area contributed by atoms with Crippen molar-refractivity contribution in [3.63, 3.8) is 0 Å². The molecule has 0 radical (unpaired) electrons. The maximum absolute atomic E-state index is 11.5. The molecule has 0 saturated carbocycles. The summed E-state index contributed by atoms with van der Waals surface area (Å²) >= 11 is 1.70. The van der Waals surface area contributed by atoms with Gasteiger partial charge in [-0.05, 0) is 31.9 Å². The van der Waals surface area contributed by atoms with Crippen LogP contribution in [0.5, 0.6) is 0 Å². The van der Waals surface area contributed by atoms with Gasteiger partial charge in [-0.15, -0.1) is 0 Å². The molecule has 0 aromatic heterocycles. The fourth-order valence-corrected chi connectivity index (χ4v) is 2.43. The van der Waals surface area contributed by atoms with Crippen molar-refractivity contribution in [2.24, 2.45) is 0 Å². The summed E-state index contributed by atoms with van der Waals surface area (Å²) in [6, 6.07) is 7.85. The number of thioether (sulfide) groups is 1. The molecule has 0 spiro atoms. The number of hydrogen-bond donors (Lipinski definition) is 1. The molecule has 0 unspecified atom stereocenters. The molecule has 0 aliphatic rings. The average Bonchev–Trinajstić information content (AvgIpc) is 2.33. The van der Waals surface area contributed by atoms with Crippen molar-refractivity contribution >= 4 is 17.7 Å². The van der Waals surface area contributed by atoms with E-state index in [9.17, 15) is 4.79 Å². The Morgan fingerprint density at radius 2 is 2.00 bits per heavy atom. The summed E-state index contributed by atoms with van der Waals surface area (Å²) in [7, 11) is 0. The second-order valence-electron chi connectivity index (χ2n) is 5.37. The van der Waals surface area contributed by atoms with E-state index in [1.165, 1.54) is 5.56 Å². The van der Waals surface area contributed by atoms with Gasteiger partial charge in [0.05, 0.1) is 13.0 Å². The fourth-order valence-electron chi connectivity index (χ4n) is 1.56. The molecule has 0 bridgehead atoms. The molecule has 0 saturated heterocycles. The van der Waals surface area contributed by atoms with Crippen LogP contribution in [0.15, 0.2) is 24.3 Å². The lowest BCUT2D eigenvalue weighted by atomic mass is 10.1. The third-order valence-corrected chi connectivity index (χ3v) is 3.34. The van der Waals surface area contributed by atoms with Gasteiger partial charge in [-0.1, -0.05) is 24.3 Å². The summed E-state index contributed by atoms with van der Waals surface area (Å²) in [5, 5.41) is 9.05. The molecule has 0 aliphatic carbocycles. The third-order valence-electron chi connectivity index (χ3n) is 2.31. The highest BCUT2D eigenvalue weighted by atomic mass is 32.2. The van der Waals surface area contributed by atoms with Gasteiger partial charge in [0, 0.05) is 11.5 Å². The highest BCUT2D eigenvalue weighted by Crippen LogP contribution is 2.16. The van der Waals surface area contributed by atoms with Crippen LogP contribution < -0.4 is 0 Å². The molecule has 19 heavy (non-hydrogen) atoms. The summed E-state index contributed by atoms with van der Waals surface area (Å²) in [4.78, 5) is 11.5. The van der Waals surface area contributed by atoms with Crippen LogP contribution in [0, 0.1) is 0 Å². The normalized spacial score (nSPS) is 11.4. The van der Waals surface area contributed by atoms with Crippen molar-refractivity contribution in [2.45, 2.75) is 45.2 Å². The van der Waals surface area contributed by atoms with E-state index >= 15 is 0 Å². The van der Waals surface area contributed by atoms with Crippen molar-refractivity contribution in [3.05, 3.63) is 35.4 Å². The Kier molecular flexibility index (Phi) is 6.38. The third kappa shape index (κ3) is 7.23. The minimum Gasteiger partial charge on any atom is -0.460 e. The first-order valence-corrected chi connectivity index (χ1v) is 7.54. The van der Waals surface area contributed by atoms with E-state index in [0.717, 1.165) is 17.1 Å². The van der Waals surface area contributed by atoms with Crippen LogP contribution in [-0.4, -0.2) is 22.4 Å². The van der Waals surface area contributed by atoms with Crippen molar-refractivity contribution in [3.8, 4) is 0 Å². The monoisotopic (exact) mass is 282 g/mol. The molecular formula is C15H22O3S. The maximum atomic E-state index is 11.5. The van der Waals surface area contributed by atoms with Gasteiger partial charge in [0.15, 0.2) is 0 Å². The second-order valence-corrected chi connectivity index (χ2v) is 6.47. The van der Waals surface area contributed by atoms with Crippen molar-refractivity contribution < 1.29 is 14.6 Å². The topological polar surface area (TPSA) is 46.5 Å².